The van der Waals surface area contributed by atoms with Gasteiger partial charge in [-0.1, -0.05) is 0 Å². The molecule has 6 heteroatoms. The van der Waals surface area contributed by atoms with Crippen LogP contribution in [0.1, 0.15) is 17.3 Å². The maximum atomic E-state index is 5.58. The second kappa shape index (κ2) is 5.31. The third-order valence-electron chi connectivity index (χ3n) is 2.42. The largest absolute Gasteiger partial charge is 0.495 e. The lowest BCUT2D eigenvalue weighted by Gasteiger charge is -2.16. The Kier molecular flexibility index (Phi) is 3.78. The van der Waals surface area contributed by atoms with Gasteiger partial charge in [-0.15, -0.1) is 0 Å². The van der Waals surface area contributed by atoms with E-state index in [1.807, 2.05) is 12.1 Å². The predicted octanol–water partition coefficient (Wildman–Crippen LogP) is 2.00. The molecule has 17 heavy (non-hydrogen) atoms. The SMILES string of the molecule is COc1cccnc1C(NN)c1ccoc1Br. The van der Waals surface area contributed by atoms with Gasteiger partial charge >= 0.3 is 0 Å². The standard InChI is InChI=1S/C11H12BrN3O2/c1-16-8-3-2-5-14-10(8)9(15-13)7-4-6-17-11(7)12/h2-6,9,15H,13H2,1H3. The summed E-state index contributed by atoms with van der Waals surface area (Å²) in [5, 5.41) is 0. The Balaban J connectivity index is 2.46. The van der Waals surface area contributed by atoms with Gasteiger partial charge in [-0.25, -0.2) is 5.43 Å². The molecule has 5 nitrogen and oxygen atoms in total. The highest BCUT2D eigenvalue weighted by Crippen LogP contribution is 2.32. The van der Waals surface area contributed by atoms with Gasteiger partial charge in [-0.05, 0) is 34.1 Å². The molecule has 0 aliphatic rings. The van der Waals surface area contributed by atoms with E-state index < -0.39 is 0 Å². The van der Waals surface area contributed by atoms with Crippen LogP contribution in [0.15, 0.2) is 39.7 Å². The molecule has 0 radical (unpaired) electrons. The van der Waals surface area contributed by atoms with Gasteiger partial charge in [0.05, 0.1) is 19.4 Å². The summed E-state index contributed by atoms with van der Waals surface area (Å²) in [6.45, 7) is 0. The third-order valence-corrected chi connectivity index (χ3v) is 3.06. The van der Waals surface area contributed by atoms with Crippen LogP contribution < -0.4 is 16.0 Å². The van der Waals surface area contributed by atoms with Crippen molar-refractivity contribution < 1.29 is 9.15 Å². The molecule has 0 bridgehead atoms. The van der Waals surface area contributed by atoms with Gasteiger partial charge in [0.1, 0.15) is 11.4 Å². The lowest BCUT2D eigenvalue weighted by atomic mass is 10.1. The number of ether oxygens (including phenoxy) is 1. The normalized spacial score (nSPS) is 12.4. The van der Waals surface area contributed by atoms with E-state index in [4.69, 9.17) is 15.0 Å². The van der Waals surface area contributed by atoms with Crippen molar-refractivity contribution in [3.05, 3.63) is 46.6 Å². The van der Waals surface area contributed by atoms with E-state index in [0.29, 0.717) is 16.1 Å². The summed E-state index contributed by atoms with van der Waals surface area (Å²) >= 11 is 3.32. The average molecular weight is 298 g/mol. The van der Waals surface area contributed by atoms with Crippen LogP contribution in [0.25, 0.3) is 0 Å². The molecule has 2 heterocycles. The molecule has 1 unspecified atom stereocenters. The molecule has 0 saturated carbocycles. The van der Waals surface area contributed by atoms with Crippen molar-refractivity contribution in [2.75, 3.05) is 7.11 Å². The zero-order chi connectivity index (χ0) is 12.3. The van der Waals surface area contributed by atoms with Gasteiger partial charge in [0.15, 0.2) is 4.67 Å². The lowest BCUT2D eigenvalue weighted by Crippen LogP contribution is -2.29. The molecular formula is C11H12BrN3O2. The smallest absolute Gasteiger partial charge is 0.174 e. The minimum absolute atomic E-state index is 0.292. The molecule has 3 N–H and O–H groups in total. The van der Waals surface area contributed by atoms with Crippen molar-refractivity contribution >= 4 is 15.9 Å². The number of nitrogens with one attached hydrogen (secondary N) is 1. The monoisotopic (exact) mass is 297 g/mol. The first-order valence-corrected chi connectivity index (χ1v) is 5.75. The van der Waals surface area contributed by atoms with E-state index in [2.05, 4.69) is 26.3 Å². The van der Waals surface area contributed by atoms with Crippen LogP contribution in [0.5, 0.6) is 5.75 Å². The van der Waals surface area contributed by atoms with Crippen LogP contribution in [0.3, 0.4) is 0 Å². The highest BCUT2D eigenvalue weighted by Gasteiger charge is 2.22. The Labute approximate surface area is 107 Å². The number of hydrogen-bond acceptors (Lipinski definition) is 5. The second-order valence-electron chi connectivity index (χ2n) is 3.34. The van der Waals surface area contributed by atoms with Gasteiger partial charge < -0.3 is 9.15 Å². The summed E-state index contributed by atoms with van der Waals surface area (Å²) in [5.41, 5.74) is 4.28. The highest BCUT2D eigenvalue weighted by molar-refractivity contribution is 9.10. The fourth-order valence-corrected chi connectivity index (χ4v) is 2.09. The van der Waals surface area contributed by atoms with E-state index in [1.165, 1.54) is 0 Å². The average Bonchev–Trinajstić information content (AvgIpc) is 2.78. The topological polar surface area (TPSA) is 73.3 Å². The van der Waals surface area contributed by atoms with Crippen LogP contribution in [0, 0.1) is 0 Å². The van der Waals surface area contributed by atoms with E-state index in [-0.39, 0.29) is 6.04 Å². The Bertz CT molecular complexity index is 501. The van der Waals surface area contributed by atoms with Gasteiger partial charge in [-0.3, -0.25) is 10.8 Å². The number of aromatic nitrogens is 1. The molecule has 2 aromatic rings. The zero-order valence-electron chi connectivity index (χ0n) is 9.18. The molecule has 2 aromatic heterocycles. The molecule has 0 amide bonds. The minimum Gasteiger partial charge on any atom is -0.495 e. The number of rotatable bonds is 4. The number of pyridine rings is 1. The fraction of sp³-hybridized carbons (Fsp3) is 0.182. The minimum atomic E-state index is -0.292. The Morgan fingerprint density at radius 2 is 2.35 bits per heavy atom. The van der Waals surface area contributed by atoms with E-state index in [1.54, 1.807) is 25.6 Å². The second-order valence-corrected chi connectivity index (χ2v) is 4.06. The van der Waals surface area contributed by atoms with Gasteiger partial charge in [0.2, 0.25) is 0 Å². The molecule has 0 fully saturated rings. The maximum absolute atomic E-state index is 5.58. The molecule has 0 spiro atoms. The van der Waals surface area contributed by atoms with E-state index >= 15 is 0 Å². The molecular weight excluding hydrogens is 286 g/mol. The number of halogens is 1. The fourth-order valence-electron chi connectivity index (χ4n) is 1.62. The molecule has 0 aromatic carbocycles. The van der Waals surface area contributed by atoms with Crippen LogP contribution >= 0.6 is 15.9 Å². The number of hydrazine groups is 1. The molecule has 90 valence electrons. The summed E-state index contributed by atoms with van der Waals surface area (Å²) < 4.78 is 11.1. The van der Waals surface area contributed by atoms with E-state index in [0.717, 1.165) is 5.56 Å². The molecule has 2 rings (SSSR count). The summed E-state index contributed by atoms with van der Waals surface area (Å²) in [6, 6.07) is 5.17. The van der Waals surface area contributed by atoms with Crippen molar-refractivity contribution in [3.63, 3.8) is 0 Å². The Hall–Kier alpha value is -1.37. The van der Waals surface area contributed by atoms with Crippen LogP contribution in [-0.4, -0.2) is 12.1 Å². The number of methoxy groups -OCH3 is 1. The lowest BCUT2D eigenvalue weighted by molar-refractivity contribution is 0.399. The van der Waals surface area contributed by atoms with Crippen molar-refractivity contribution in [1.82, 2.24) is 10.4 Å². The zero-order valence-corrected chi connectivity index (χ0v) is 10.8. The molecule has 0 saturated heterocycles. The Morgan fingerprint density at radius 1 is 1.53 bits per heavy atom. The van der Waals surface area contributed by atoms with Crippen LogP contribution in [0.4, 0.5) is 0 Å². The summed E-state index contributed by atoms with van der Waals surface area (Å²) in [5.74, 6) is 6.25. The quantitative estimate of drug-likeness (QED) is 0.667. The summed E-state index contributed by atoms with van der Waals surface area (Å²) in [4.78, 5) is 4.29. The number of nitrogens with zero attached hydrogens (tertiary/aromatic N) is 1. The Morgan fingerprint density at radius 3 is 2.94 bits per heavy atom. The summed E-state index contributed by atoms with van der Waals surface area (Å²) in [6.07, 6.45) is 3.27. The van der Waals surface area contributed by atoms with Crippen LogP contribution in [-0.2, 0) is 0 Å². The number of hydrogen-bond donors (Lipinski definition) is 2. The highest BCUT2D eigenvalue weighted by atomic mass is 79.9. The first-order chi connectivity index (χ1) is 8.27. The van der Waals surface area contributed by atoms with E-state index in [9.17, 15) is 0 Å². The van der Waals surface area contributed by atoms with Crippen molar-refractivity contribution in [3.8, 4) is 5.75 Å². The summed E-state index contributed by atoms with van der Waals surface area (Å²) in [7, 11) is 1.60. The van der Waals surface area contributed by atoms with Crippen LogP contribution in [0.2, 0.25) is 0 Å². The van der Waals surface area contributed by atoms with Crippen molar-refractivity contribution in [2.24, 2.45) is 5.84 Å². The number of furan rings is 1. The first-order valence-electron chi connectivity index (χ1n) is 4.96. The molecule has 0 aliphatic heterocycles. The maximum Gasteiger partial charge on any atom is 0.174 e. The molecule has 1 atom stereocenters. The van der Waals surface area contributed by atoms with Gasteiger partial charge in [0.25, 0.3) is 0 Å². The van der Waals surface area contributed by atoms with Gasteiger partial charge in [0, 0.05) is 11.8 Å². The van der Waals surface area contributed by atoms with Crippen molar-refractivity contribution in [1.29, 1.82) is 0 Å². The molecule has 0 aliphatic carbocycles. The first kappa shape index (κ1) is 12.1. The van der Waals surface area contributed by atoms with Crippen molar-refractivity contribution in [2.45, 2.75) is 6.04 Å². The predicted molar refractivity (Wildman–Crippen MR) is 66.4 cm³/mol. The number of nitrogens with two attached hydrogens (primary N) is 1. The third kappa shape index (κ3) is 2.33. The van der Waals surface area contributed by atoms with Gasteiger partial charge in [-0.2, -0.15) is 0 Å².